The maximum absolute atomic E-state index is 13.1. The molecule has 0 fully saturated rings. The number of rotatable bonds is 3. The lowest BCUT2D eigenvalue weighted by molar-refractivity contribution is 0.627. The van der Waals surface area contributed by atoms with Crippen LogP contribution in [0, 0.1) is 12.7 Å². The summed E-state index contributed by atoms with van der Waals surface area (Å²) in [4.78, 5) is 4.30. The van der Waals surface area contributed by atoms with Crippen molar-refractivity contribution in [1.29, 1.82) is 0 Å². The molecule has 0 aliphatic carbocycles. The minimum absolute atomic E-state index is 0.204. The fourth-order valence-corrected chi connectivity index (χ4v) is 2.26. The summed E-state index contributed by atoms with van der Waals surface area (Å²) in [5, 5.41) is 4.46. The molecular weight excluding hydrogens is 251 g/mol. The van der Waals surface area contributed by atoms with Crippen molar-refractivity contribution in [2.24, 2.45) is 0 Å². The molecule has 20 heavy (non-hydrogen) atoms. The van der Waals surface area contributed by atoms with E-state index in [0.717, 1.165) is 22.2 Å². The largest absolute Gasteiger partial charge is 0.381 e. The standard InChI is InChI=1S/C17H15FN2/c1-12-9-15(18)5-7-16(12)20-11-13-4-6-17-14(10-13)3-2-8-19-17/h2-10,20H,11H2,1H3. The van der Waals surface area contributed by atoms with Gasteiger partial charge in [0.05, 0.1) is 5.52 Å². The van der Waals surface area contributed by atoms with Crippen molar-refractivity contribution in [1.82, 2.24) is 4.98 Å². The Bertz CT molecular complexity index is 753. The van der Waals surface area contributed by atoms with Crippen LogP contribution in [0.1, 0.15) is 11.1 Å². The van der Waals surface area contributed by atoms with Crippen LogP contribution in [-0.2, 0) is 6.54 Å². The Hall–Kier alpha value is -2.42. The maximum atomic E-state index is 13.1. The van der Waals surface area contributed by atoms with E-state index in [1.807, 2.05) is 19.1 Å². The zero-order chi connectivity index (χ0) is 13.9. The number of pyridine rings is 1. The summed E-state index contributed by atoms with van der Waals surface area (Å²) in [6.07, 6.45) is 1.79. The van der Waals surface area contributed by atoms with Crippen LogP contribution in [-0.4, -0.2) is 4.98 Å². The molecule has 0 spiro atoms. The average molecular weight is 266 g/mol. The lowest BCUT2D eigenvalue weighted by Gasteiger charge is -2.10. The van der Waals surface area contributed by atoms with Gasteiger partial charge >= 0.3 is 0 Å². The third-order valence-corrected chi connectivity index (χ3v) is 3.34. The van der Waals surface area contributed by atoms with E-state index in [1.165, 1.54) is 17.7 Å². The van der Waals surface area contributed by atoms with Crippen molar-refractivity contribution >= 4 is 16.6 Å². The predicted octanol–water partition coefficient (Wildman–Crippen LogP) is 4.29. The fourth-order valence-electron chi connectivity index (χ4n) is 2.26. The first-order valence-corrected chi connectivity index (χ1v) is 6.56. The van der Waals surface area contributed by atoms with Crippen LogP contribution in [0.5, 0.6) is 0 Å². The second-order valence-corrected chi connectivity index (χ2v) is 4.84. The van der Waals surface area contributed by atoms with Gasteiger partial charge in [0.2, 0.25) is 0 Å². The summed E-state index contributed by atoms with van der Waals surface area (Å²) in [7, 11) is 0. The third-order valence-electron chi connectivity index (χ3n) is 3.34. The van der Waals surface area contributed by atoms with Gasteiger partial charge in [-0.15, -0.1) is 0 Å². The Balaban J connectivity index is 1.79. The van der Waals surface area contributed by atoms with Gasteiger partial charge in [-0.25, -0.2) is 4.39 Å². The monoisotopic (exact) mass is 266 g/mol. The second-order valence-electron chi connectivity index (χ2n) is 4.84. The van der Waals surface area contributed by atoms with Gasteiger partial charge in [0, 0.05) is 23.8 Å². The first-order valence-electron chi connectivity index (χ1n) is 6.56. The molecule has 3 aromatic rings. The van der Waals surface area contributed by atoms with Crippen molar-refractivity contribution in [3.05, 3.63) is 71.7 Å². The van der Waals surface area contributed by atoms with Gasteiger partial charge in [-0.2, -0.15) is 0 Å². The van der Waals surface area contributed by atoms with Gasteiger partial charge < -0.3 is 5.32 Å². The van der Waals surface area contributed by atoms with Gasteiger partial charge in [0.1, 0.15) is 5.82 Å². The third kappa shape index (κ3) is 2.62. The smallest absolute Gasteiger partial charge is 0.123 e. The maximum Gasteiger partial charge on any atom is 0.123 e. The molecule has 1 N–H and O–H groups in total. The highest BCUT2D eigenvalue weighted by atomic mass is 19.1. The number of nitrogens with zero attached hydrogens (tertiary/aromatic N) is 1. The quantitative estimate of drug-likeness (QED) is 0.764. The summed E-state index contributed by atoms with van der Waals surface area (Å²) in [5.41, 5.74) is 4.04. The molecule has 3 rings (SSSR count). The molecule has 0 amide bonds. The summed E-state index contributed by atoms with van der Waals surface area (Å²) in [6, 6.07) is 15.0. The fraction of sp³-hybridized carbons (Fsp3) is 0.118. The predicted molar refractivity (Wildman–Crippen MR) is 80.2 cm³/mol. The molecular formula is C17H15FN2. The molecule has 1 heterocycles. The van der Waals surface area contributed by atoms with E-state index in [9.17, 15) is 4.39 Å². The van der Waals surface area contributed by atoms with Crippen molar-refractivity contribution in [3.63, 3.8) is 0 Å². The van der Waals surface area contributed by atoms with Crippen molar-refractivity contribution in [2.45, 2.75) is 13.5 Å². The van der Waals surface area contributed by atoms with Gasteiger partial charge in [-0.3, -0.25) is 4.98 Å². The van der Waals surface area contributed by atoms with Gasteiger partial charge in [0.15, 0.2) is 0 Å². The Kier molecular flexibility index (Phi) is 3.33. The van der Waals surface area contributed by atoms with E-state index in [4.69, 9.17) is 0 Å². The molecule has 0 aliphatic rings. The Morgan fingerprint density at radius 1 is 1.10 bits per heavy atom. The Morgan fingerprint density at radius 2 is 2.00 bits per heavy atom. The number of benzene rings is 2. The molecule has 0 aliphatic heterocycles. The van der Waals surface area contributed by atoms with E-state index in [2.05, 4.69) is 28.5 Å². The van der Waals surface area contributed by atoms with Crippen molar-refractivity contribution in [2.75, 3.05) is 5.32 Å². The molecule has 2 nitrogen and oxygen atoms in total. The summed E-state index contributed by atoms with van der Waals surface area (Å²) >= 11 is 0. The lowest BCUT2D eigenvalue weighted by Crippen LogP contribution is -2.01. The highest BCUT2D eigenvalue weighted by molar-refractivity contribution is 5.79. The van der Waals surface area contributed by atoms with E-state index in [1.54, 1.807) is 12.3 Å². The molecule has 0 saturated carbocycles. The van der Waals surface area contributed by atoms with Gasteiger partial charge in [-0.05, 0) is 54.4 Å². The number of aryl methyl sites for hydroxylation is 1. The topological polar surface area (TPSA) is 24.9 Å². The molecule has 3 heteroatoms. The van der Waals surface area contributed by atoms with Crippen molar-refractivity contribution < 1.29 is 4.39 Å². The van der Waals surface area contributed by atoms with Crippen LogP contribution in [0.4, 0.5) is 10.1 Å². The normalized spacial score (nSPS) is 10.7. The van der Waals surface area contributed by atoms with E-state index >= 15 is 0 Å². The van der Waals surface area contributed by atoms with E-state index < -0.39 is 0 Å². The molecule has 0 atom stereocenters. The number of halogens is 1. The molecule has 0 bridgehead atoms. The molecule has 100 valence electrons. The average Bonchev–Trinajstić information content (AvgIpc) is 2.46. The highest BCUT2D eigenvalue weighted by Crippen LogP contribution is 2.18. The first-order chi connectivity index (χ1) is 9.72. The molecule has 0 saturated heterocycles. The molecule has 1 aromatic heterocycles. The lowest BCUT2D eigenvalue weighted by atomic mass is 10.1. The molecule has 2 aromatic carbocycles. The second kappa shape index (κ2) is 5.29. The first kappa shape index (κ1) is 12.6. The van der Waals surface area contributed by atoms with Crippen LogP contribution < -0.4 is 5.32 Å². The summed E-state index contributed by atoms with van der Waals surface area (Å²) in [6.45, 7) is 2.60. The zero-order valence-electron chi connectivity index (χ0n) is 11.2. The number of anilines is 1. The van der Waals surface area contributed by atoms with Crippen LogP contribution in [0.3, 0.4) is 0 Å². The van der Waals surface area contributed by atoms with Gasteiger partial charge in [0.25, 0.3) is 0 Å². The van der Waals surface area contributed by atoms with Crippen molar-refractivity contribution in [3.8, 4) is 0 Å². The minimum Gasteiger partial charge on any atom is -0.381 e. The number of hydrogen-bond donors (Lipinski definition) is 1. The number of nitrogens with one attached hydrogen (secondary N) is 1. The van der Waals surface area contributed by atoms with Crippen LogP contribution >= 0.6 is 0 Å². The van der Waals surface area contributed by atoms with Crippen LogP contribution in [0.25, 0.3) is 10.9 Å². The number of aromatic nitrogens is 1. The molecule has 0 radical (unpaired) electrons. The van der Waals surface area contributed by atoms with Crippen LogP contribution in [0.15, 0.2) is 54.7 Å². The van der Waals surface area contributed by atoms with E-state index in [0.29, 0.717) is 6.54 Å². The zero-order valence-corrected chi connectivity index (χ0v) is 11.2. The van der Waals surface area contributed by atoms with Crippen LogP contribution in [0.2, 0.25) is 0 Å². The molecule has 0 unspecified atom stereocenters. The van der Waals surface area contributed by atoms with E-state index in [-0.39, 0.29) is 5.82 Å². The SMILES string of the molecule is Cc1cc(F)ccc1NCc1ccc2ncccc2c1. The summed E-state index contributed by atoms with van der Waals surface area (Å²) in [5.74, 6) is -0.204. The number of hydrogen-bond acceptors (Lipinski definition) is 2. The Labute approximate surface area is 117 Å². The summed E-state index contributed by atoms with van der Waals surface area (Å²) < 4.78 is 13.1. The highest BCUT2D eigenvalue weighted by Gasteiger charge is 2.01. The Morgan fingerprint density at radius 3 is 2.85 bits per heavy atom. The minimum atomic E-state index is -0.204. The number of fused-ring (bicyclic) bond motifs is 1. The van der Waals surface area contributed by atoms with Gasteiger partial charge in [-0.1, -0.05) is 12.1 Å².